The third kappa shape index (κ3) is 3.07. The minimum atomic E-state index is -3.89. The molecule has 3 heterocycles. The number of benzene rings is 1. The van der Waals surface area contributed by atoms with Crippen LogP contribution < -0.4 is 9.47 Å². The average Bonchev–Trinajstić information content (AvgIpc) is 3.29. The van der Waals surface area contributed by atoms with E-state index >= 15 is 0 Å². The molecule has 146 valence electrons. The fourth-order valence-corrected chi connectivity index (χ4v) is 4.82. The highest BCUT2D eigenvalue weighted by atomic mass is 32.2. The summed E-state index contributed by atoms with van der Waals surface area (Å²) in [6.07, 6.45) is 0.165. The van der Waals surface area contributed by atoms with Gasteiger partial charge in [-0.3, -0.25) is 0 Å². The van der Waals surface area contributed by atoms with Crippen molar-refractivity contribution in [2.75, 3.05) is 26.3 Å². The summed E-state index contributed by atoms with van der Waals surface area (Å²) >= 11 is 0. The number of fused-ring (bicyclic) bond motifs is 1. The lowest BCUT2D eigenvalue weighted by Gasteiger charge is -2.24. The van der Waals surface area contributed by atoms with Gasteiger partial charge in [-0.1, -0.05) is 25.1 Å². The Labute approximate surface area is 156 Å². The topological polar surface area (TPSA) is 115 Å². The van der Waals surface area contributed by atoms with E-state index in [-0.39, 0.29) is 48.6 Å². The van der Waals surface area contributed by atoms with Gasteiger partial charge in [-0.15, -0.1) is 0 Å². The molecule has 0 aliphatic carbocycles. The van der Waals surface area contributed by atoms with Crippen molar-refractivity contribution in [2.24, 2.45) is 0 Å². The Balaban J connectivity index is 1.63. The standard InChI is InChI=1S/C17H21N3O6S/c1-11(2)15-18-16(26-19-15)17(21)6-7-20(10-17)27(22,23)13-5-3-4-12-14(13)25-9-8-24-12/h3-5,11,21H,6-10H2,1-2H3/t17-/m1/s1. The second kappa shape index (κ2) is 6.47. The summed E-state index contributed by atoms with van der Waals surface area (Å²) < 4.78 is 43.7. The van der Waals surface area contributed by atoms with Crippen molar-refractivity contribution in [3.63, 3.8) is 0 Å². The molecule has 1 aromatic heterocycles. The third-order valence-electron chi connectivity index (χ3n) is 4.72. The second-order valence-electron chi connectivity index (χ2n) is 7.01. The van der Waals surface area contributed by atoms with E-state index in [0.29, 0.717) is 18.2 Å². The number of nitrogens with zero attached hydrogens (tertiary/aromatic N) is 3. The number of rotatable bonds is 4. The predicted molar refractivity (Wildman–Crippen MR) is 93.1 cm³/mol. The molecule has 0 unspecified atom stereocenters. The number of aliphatic hydroxyl groups is 1. The van der Waals surface area contributed by atoms with Crippen LogP contribution in [0.2, 0.25) is 0 Å². The predicted octanol–water partition coefficient (Wildman–Crippen LogP) is 1.25. The van der Waals surface area contributed by atoms with Gasteiger partial charge in [0.2, 0.25) is 10.0 Å². The first-order chi connectivity index (χ1) is 12.8. The zero-order valence-electron chi connectivity index (χ0n) is 15.1. The van der Waals surface area contributed by atoms with Crippen molar-refractivity contribution in [1.82, 2.24) is 14.4 Å². The summed E-state index contributed by atoms with van der Waals surface area (Å²) in [6.45, 7) is 4.43. The fourth-order valence-electron chi connectivity index (χ4n) is 3.19. The van der Waals surface area contributed by atoms with Crippen molar-refractivity contribution in [2.45, 2.75) is 36.7 Å². The highest BCUT2D eigenvalue weighted by Gasteiger charge is 2.47. The highest BCUT2D eigenvalue weighted by molar-refractivity contribution is 7.89. The van der Waals surface area contributed by atoms with Gasteiger partial charge >= 0.3 is 0 Å². The highest BCUT2D eigenvalue weighted by Crippen LogP contribution is 2.40. The van der Waals surface area contributed by atoms with E-state index in [2.05, 4.69) is 10.1 Å². The van der Waals surface area contributed by atoms with E-state index in [1.165, 1.54) is 10.4 Å². The van der Waals surface area contributed by atoms with Crippen LogP contribution in [-0.2, 0) is 15.6 Å². The van der Waals surface area contributed by atoms with Gasteiger partial charge in [-0.25, -0.2) is 8.42 Å². The minimum absolute atomic E-state index is 0.0253. The van der Waals surface area contributed by atoms with Crippen LogP contribution >= 0.6 is 0 Å². The maximum Gasteiger partial charge on any atom is 0.260 e. The van der Waals surface area contributed by atoms with Crippen LogP contribution in [0.15, 0.2) is 27.6 Å². The van der Waals surface area contributed by atoms with Gasteiger partial charge in [-0.2, -0.15) is 9.29 Å². The molecule has 1 N–H and O–H groups in total. The van der Waals surface area contributed by atoms with Gasteiger partial charge in [0.15, 0.2) is 22.9 Å². The van der Waals surface area contributed by atoms with Crippen LogP contribution in [0.5, 0.6) is 11.5 Å². The SMILES string of the molecule is CC(C)c1noc([C@@]2(O)CCN(S(=O)(=O)c3cccc4c3OCCO4)C2)n1. The summed E-state index contributed by atoms with van der Waals surface area (Å²) in [4.78, 5) is 4.25. The monoisotopic (exact) mass is 395 g/mol. The molecule has 2 aliphatic rings. The Morgan fingerprint density at radius 1 is 1.26 bits per heavy atom. The molecule has 27 heavy (non-hydrogen) atoms. The van der Waals surface area contributed by atoms with Gasteiger partial charge in [0.25, 0.3) is 5.89 Å². The molecule has 1 aromatic carbocycles. The first kappa shape index (κ1) is 18.2. The van der Waals surface area contributed by atoms with Crippen LogP contribution in [-0.4, -0.2) is 54.3 Å². The average molecular weight is 395 g/mol. The van der Waals surface area contributed by atoms with Crippen molar-refractivity contribution >= 4 is 10.0 Å². The van der Waals surface area contributed by atoms with Gasteiger partial charge in [0.05, 0.1) is 6.54 Å². The lowest BCUT2D eigenvalue weighted by molar-refractivity contribution is 0.0194. The summed E-state index contributed by atoms with van der Waals surface area (Å²) in [5, 5.41) is 14.8. The molecule has 2 aromatic rings. The molecule has 1 saturated heterocycles. The zero-order valence-corrected chi connectivity index (χ0v) is 15.9. The Morgan fingerprint density at radius 3 is 2.78 bits per heavy atom. The number of ether oxygens (including phenoxy) is 2. The van der Waals surface area contributed by atoms with Crippen molar-refractivity contribution in [1.29, 1.82) is 0 Å². The molecule has 4 rings (SSSR count). The molecule has 0 saturated carbocycles. The summed E-state index contributed by atoms with van der Waals surface area (Å²) in [7, 11) is -3.89. The van der Waals surface area contributed by atoms with Crippen LogP contribution in [0.4, 0.5) is 0 Å². The van der Waals surface area contributed by atoms with E-state index in [9.17, 15) is 13.5 Å². The molecular weight excluding hydrogens is 374 g/mol. The maximum absolute atomic E-state index is 13.2. The molecule has 1 atom stereocenters. The first-order valence-electron chi connectivity index (χ1n) is 8.76. The molecule has 0 bridgehead atoms. The normalized spacial score (nSPS) is 23.1. The van der Waals surface area contributed by atoms with Crippen LogP contribution in [0, 0.1) is 0 Å². The number of hydrogen-bond acceptors (Lipinski definition) is 8. The molecular formula is C17H21N3O6S. The van der Waals surface area contributed by atoms with E-state index in [0.717, 1.165) is 0 Å². The summed E-state index contributed by atoms with van der Waals surface area (Å²) in [6, 6.07) is 4.75. The Hall–Kier alpha value is -2.17. The lowest BCUT2D eigenvalue weighted by Crippen LogP contribution is -2.35. The summed E-state index contributed by atoms with van der Waals surface area (Å²) in [5.74, 6) is 1.16. The van der Waals surface area contributed by atoms with Crippen molar-refractivity contribution in [3.05, 3.63) is 29.9 Å². The molecule has 1 fully saturated rings. The number of aromatic nitrogens is 2. The number of para-hydroxylation sites is 1. The minimum Gasteiger partial charge on any atom is -0.486 e. The molecule has 10 heteroatoms. The third-order valence-corrected chi connectivity index (χ3v) is 6.59. The number of hydrogen-bond donors (Lipinski definition) is 1. The fraction of sp³-hybridized carbons (Fsp3) is 0.529. The van der Waals surface area contributed by atoms with Crippen molar-refractivity contribution < 1.29 is 27.5 Å². The smallest absolute Gasteiger partial charge is 0.260 e. The van der Waals surface area contributed by atoms with E-state index < -0.39 is 15.6 Å². The first-order valence-corrected chi connectivity index (χ1v) is 10.2. The van der Waals surface area contributed by atoms with Crippen LogP contribution in [0.1, 0.15) is 37.9 Å². The zero-order chi connectivity index (χ0) is 19.2. The van der Waals surface area contributed by atoms with Crippen LogP contribution in [0.25, 0.3) is 0 Å². The van der Waals surface area contributed by atoms with Crippen LogP contribution in [0.3, 0.4) is 0 Å². The molecule has 0 spiro atoms. The van der Waals surface area contributed by atoms with E-state index in [1.54, 1.807) is 12.1 Å². The van der Waals surface area contributed by atoms with Crippen molar-refractivity contribution in [3.8, 4) is 11.5 Å². The quantitative estimate of drug-likeness (QED) is 0.822. The molecule has 2 aliphatic heterocycles. The maximum atomic E-state index is 13.2. The Bertz CT molecular complexity index is 957. The molecule has 0 amide bonds. The second-order valence-corrected chi connectivity index (χ2v) is 8.92. The Morgan fingerprint density at radius 2 is 2.04 bits per heavy atom. The van der Waals surface area contributed by atoms with E-state index in [1.807, 2.05) is 13.8 Å². The van der Waals surface area contributed by atoms with Gasteiger partial charge in [0, 0.05) is 18.9 Å². The van der Waals surface area contributed by atoms with Gasteiger partial charge < -0.3 is 19.1 Å². The Kier molecular flexibility index (Phi) is 4.36. The van der Waals surface area contributed by atoms with Gasteiger partial charge in [0.1, 0.15) is 18.1 Å². The molecule has 9 nitrogen and oxygen atoms in total. The molecule has 0 radical (unpaired) electrons. The number of β-amino-alcohol motifs (C(OH)–C–C–N with tert-alkyl or cyclic N) is 1. The number of sulfonamides is 1. The largest absolute Gasteiger partial charge is 0.486 e. The lowest BCUT2D eigenvalue weighted by atomic mass is 10.0. The van der Waals surface area contributed by atoms with E-state index in [4.69, 9.17) is 14.0 Å². The van der Waals surface area contributed by atoms with Gasteiger partial charge in [-0.05, 0) is 12.1 Å². The summed E-state index contributed by atoms with van der Waals surface area (Å²) in [5.41, 5.74) is -1.51.